The van der Waals surface area contributed by atoms with Crippen LogP contribution in [0, 0.1) is 29.6 Å². The lowest BCUT2D eigenvalue weighted by atomic mass is 9.50. The molecule has 0 aliphatic heterocycles. The van der Waals surface area contributed by atoms with Crippen LogP contribution in [0.5, 0.6) is 0 Å². The monoisotopic (exact) mass is 208 g/mol. The lowest BCUT2D eigenvalue weighted by Gasteiger charge is -2.56. The summed E-state index contributed by atoms with van der Waals surface area (Å²) in [6.07, 6.45) is 8.50. The first-order chi connectivity index (χ1) is 7.28. The van der Waals surface area contributed by atoms with Gasteiger partial charge in [0.15, 0.2) is 0 Å². The van der Waals surface area contributed by atoms with Crippen molar-refractivity contribution < 1.29 is 0 Å². The summed E-state index contributed by atoms with van der Waals surface area (Å²) in [4.78, 5) is 0. The Bertz CT molecular complexity index is 211. The van der Waals surface area contributed by atoms with E-state index >= 15 is 0 Å². The zero-order valence-corrected chi connectivity index (χ0v) is 9.57. The Morgan fingerprint density at radius 2 is 1.47 bits per heavy atom. The molecule has 0 spiro atoms. The molecule has 0 aromatic heterocycles. The van der Waals surface area contributed by atoms with Crippen LogP contribution in [0.3, 0.4) is 0 Å². The van der Waals surface area contributed by atoms with Gasteiger partial charge in [-0.15, -0.1) is 0 Å². The standard InChI is InChI=1S/C13H24N2/c14-2-1-12(15)13-10-4-8-3-9(6-10)7-11(13)5-8/h8-13H,1-7,14-15H2. The molecule has 4 aliphatic rings. The van der Waals surface area contributed by atoms with Crippen molar-refractivity contribution in [1.82, 2.24) is 0 Å². The van der Waals surface area contributed by atoms with Crippen LogP contribution in [0.15, 0.2) is 0 Å². The highest BCUT2D eigenvalue weighted by Gasteiger charge is 2.49. The molecular weight excluding hydrogens is 184 g/mol. The van der Waals surface area contributed by atoms with Gasteiger partial charge in [-0.2, -0.15) is 0 Å². The molecule has 1 unspecified atom stereocenters. The quantitative estimate of drug-likeness (QED) is 0.742. The van der Waals surface area contributed by atoms with Crippen LogP contribution >= 0.6 is 0 Å². The normalized spacial score (nSPS) is 49.6. The molecule has 15 heavy (non-hydrogen) atoms. The van der Waals surface area contributed by atoms with Crippen LogP contribution in [0.2, 0.25) is 0 Å². The zero-order chi connectivity index (χ0) is 10.4. The van der Waals surface area contributed by atoms with Crippen molar-refractivity contribution >= 4 is 0 Å². The predicted octanol–water partition coefficient (Wildman–Crippen LogP) is 1.73. The highest BCUT2D eigenvalue weighted by atomic mass is 14.7. The number of nitrogens with two attached hydrogens (primary N) is 2. The molecule has 0 aromatic carbocycles. The number of hydrogen-bond acceptors (Lipinski definition) is 2. The summed E-state index contributed by atoms with van der Waals surface area (Å²) >= 11 is 0. The highest BCUT2D eigenvalue weighted by molar-refractivity contribution is 5.00. The van der Waals surface area contributed by atoms with E-state index in [9.17, 15) is 0 Å². The van der Waals surface area contributed by atoms with E-state index in [1.165, 1.54) is 32.1 Å². The Morgan fingerprint density at radius 1 is 0.933 bits per heavy atom. The Kier molecular flexibility index (Phi) is 2.52. The highest BCUT2D eigenvalue weighted by Crippen LogP contribution is 2.57. The fourth-order valence-electron chi connectivity index (χ4n) is 5.05. The van der Waals surface area contributed by atoms with Crippen LogP contribution in [0.4, 0.5) is 0 Å². The topological polar surface area (TPSA) is 52.0 Å². The average Bonchev–Trinajstić information content (AvgIpc) is 2.15. The maximum atomic E-state index is 6.33. The van der Waals surface area contributed by atoms with Crippen LogP contribution in [0.25, 0.3) is 0 Å². The molecule has 0 amide bonds. The fraction of sp³-hybridized carbons (Fsp3) is 1.00. The second-order valence-electron chi connectivity index (χ2n) is 6.25. The average molecular weight is 208 g/mol. The molecule has 0 radical (unpaired) electrons. The van der Waals surface area contributed by atoms with Crippen LogP contribution < -0.4 is 11.5 Å². The molecule has 0 aromatic rings. The van der Waals surface area contributed by atoms with Gasteiger partial charge in [-0.25, -0.2) is 0 Å². The van der Waals surface area contributed by atoms with Gasteiger partial charge in [0.25, 0.3) is 0 Å². The number of rotatable bonds is 3. The molecule has 0 heterocycles. The second kappa shape index (κ2) is 3.74. The maximum Gasteiger partial charge on any atom is 0.00844 e. The summed E-state index contributed by atoms with van der Waals surface area (Å²) in [5.41, 5.74) is 12.0. The van der Waals surface area contributed by atoms with Crippen molar-refractivity contribution in [3.05, 3.63) is 0 Å². The second-order valence-corrected chi connectivity index (χ2v) is 6.25. The Labute approximate surface area is 92.8 Å². The van der Waals surface area contributed by atoms with Crippen LogP contribution in [-0.4, -0.2) is 12.6 Å². The van der Waals surface area contributed by atoms with Crippen molar-refractivity contribution in [1.29, 1.82) is 0 Å². The molecule has 4 saturated carbocycles. The van der Waals surface area contributed by atoms with Crippen LogP contribution in [-0.2, 0) is 0 Å². The molecule has 4 rings (SSSR count). The molecule has 2 nitrogen and oxygen atoms in total. The fourth-order valence-corrected chi connectivity index (χ4v) is 5.05. The van der Waals surface area contributed by atoms with Gasteiger partial charge in [0.05, 0.1) is 0 Å². The minimum atomic E-state index is 0.394. The smallest absolute Gasteiger partial charge is 0.00844 e. The van der Waals surface area contributed by atoms with E-state index in [1.54, 1.807) is 0 Å². The van der Waals surface area contributed by atoms with E-state index in [4.69, 9.17) is 11.5 Å². The first kappa shape index (κ1) is 10.1. The molecule has 4 bridgehead atoms. The van der Waals surface area contributed by atoms with Crippen LogP contribution in [0.1, 0.15) is 38.5 Å². The van der Waals surface area contributed by atoms with Gasteiger partial charge in [0, 0.05) is 6.04 Å². The molecule has 4 fully saturated rings. The van der Waals surface area contributed by atoms with E-state index in [0.29, 0.717) is 6.04 Å². The molecule has 2 heteroatoms. The molecule has 0 saturated heterocycles. The summed E-state index contributed by atoms with van der Waals surface area (Å²) < 4.78 is 0. The summed E-state index contributed by atoms with van der Waals surface area (Å²) in [6, 6.07) is 0.394. The minimum Gasteiger partial charge on any atom is -0.330 e. The van der Waals surface area contributed by atoms with Crippen molar-refractivity contribution in [3.8, 4) is 0 Å². The van der Waals surface area contributed by atoms with Gasteiger partial charge in [0.2, 0.25) is 0 Å². The van der Waals surface area contributed by atoms with E-state index in [0.717, 1.165) is 42.6 Å². The van der Waals surface area contributed by atoms with E-state index in [-0.39, 0.29) is 0 Å². The van der Waals surface area contributed by atoms with Gasteiger partial charge in [-0.05, 0) is 74.7 Å². The molecular formula is C13H24N2. The SMILES string of the molecule is NCCC(N)C1C2CC3CC(C2)CC1C3. The van der Waals surface area contributed by atoms with E-state index < -0.39 is 0 Å². The van der Waals surface area contributed by atoms with E-state index in [1.807, 2.05) is 0 Å². The molecule has 1 atom stereocenters. The minimum absolute atomic E-state index is 0.394. The molecule has 86 valence electrons. The number of hydrogen-bond donors (Lipinski definition) is 2. The Balaban J connectivity index is 1.74. The molecule has 4 aliphatic carbocycles. The summed E-state index contributed by atoms with van der Waals surface area (Å²) in [5, 5.41) is 0. The van der Waals surface area contributed by atoms with Crippen molar-refractivity contribution in [2.24, 2.45) is 41.1 Å². The van der Waals surface area contributed by atoms with Crippen molar-refractivity contribution in [3.63, 3.8) is 0 Å². The Hall–Kier alpha value is -0.0800. The summed E-state index contributed by atoms with van der Waals surface area (Å²) in [6.45, 7) is 0.768. The van der Waals surface area contributed by atoms with Gasteiger partial charge >= 0.3 is 0 Å². The van der Waals surface area contributed by atoms with Crippen molar-refractivity contribution in [2.45, 2.75) is 44.6 Å². The largest absolute Gasteiger partial charge is 0.330 e. The predicted molar refractivity (Wildman–Crippen MR) is 62.2 cm³/mol. The summed E-state index contributed by atoms with van der Waals surface area (Å²) in [5.74, 6) is 4.87. The third kappa shape index (κ3) is 1.62. The van der Waals surface area contributed by atoms with Crippen molar-refractivity contribution in [2.75, 3.05) is 6.54 Å². The third-order valence-electron chi connectivity index (χ3n) is 5.29. The first-order valence-electron chi connectivity index (χ1n) is 6.73. The van der Waals surface area contributed by atoms with Gasteiger partial charge in [-0.3, -0.25) is 0 Å². The Morgan fingerprint density at radius 3 is 1.93 bits per heavy atom. The third-order valence-corrected chi connectivity index (χ3v) is 5.29. The van der Waals surface area contributed by atoms with E-state index in [2.05, 4.69) is 0 Å². The summed E-state index contributed by atoms with van der Waals surface area (Å²) in [7, 11) is 0. The van der Waals surface area contributed by atoms with Gasteiger partial charge in [-0.1, -0.05) is 0 Å². The first-order valence-corrected chi connectivity index (χ1v) is 6.73. The lowest BCUT2D eigenvalue weighted by Crippen LogP contribution is -2.52. The van der Waals surface area contributed by atoms with Gasteiger partial charge < -0.3 is 11.5 Å². The van der Waals surface area contributed by atoms with Gasteiger partial charge in [0.1, 0.15) is 0 Å². The lowest BCUT2D eigenvalue weighted by molar-refractivity contribution is -0.0472. The molecule has 4 N–H and O–H groups in total. The maximum absolute atomic E-state index is 6.33. The zero-order valence-electron chi connectivity index (χ0n) is 9.57.